The SMILES string of the molecule is Nc1nc(CCNC(=O)C2CC(=O)N(c3nc4ccccc4s3)C2)cs1. The van der Waals surface area contributed by atoms with Crippen LogP contribution in [0.25, 0.3) is 10.2 Å². The van der Waals surface area contributed by atoms with Crippen molar-refractivity contribution < 1.29 is 9.59 Å². The third kappa shape index (κ3) is 3.40. The first-order valence-electron chi connectivity index (χ1n) is 8.23. The molecule has 7 nitrogen and oxygen atoms in total. The number of nitrogens with two attached hydrogens (primary N) is 1. The molecule has 0 radical (unpaired) electrons. The maximum atomic E-state index is 12.4. The Labute approximate surface area is 157 Å². The van der Waals surface area contributed by atoms with Crippen molar-refractivity contribution in [1.82, 2.24) is 15.3 Å². The molecule has 1 unspecified atom stereocenters. The molecular formula is C17H17N5O2S2. The molecule has 0 aliphatic carbocycles. The highest BCUT2D eigenvalue weighted by molar-refractivity contribution is 7.22. The van der Waals surface area contributed by atoms with E-state index in [4.69, 9.17) is 5.73 Å². The summed E-state index contributed by atoms with van der Waals surface area (Å²) in [6.45, 7) is 0.849. The highest BCUT2D eigenvalue weighted by Gasteiger charge is 2.36. The topological polar surface area (TPSA) is 101 Å². The normalized spacial score (nSPS) is 17.2. The summed E-state index contributed by atoms with van der Waals surface area (Å²) in [5.41, 5.74) is 7.33. The van der Waals surface area contributed by atoms with Gasteiger partial charge in [0.05, 0.1) is 21.8 Å². The van der Waals surface area contributed by atoms with E-state index >= 15 is 0 Å². The van der Waals surface area contributed by atoms with E-state index < -0.39 is 0 Å². The average Bonchev–Trinajstić information content (AvgIpc) is 3.32. The van der Waals surface area contributed by atoms with Crippen molar-refractivity contribution in [3.63, 3.8) is 0 Å². The summed E-state index contributed by atoms with van der Waals surface area (Å²) in [5, 5.41) is 5.96. The van der Waals surface area contributed by atoms with E-state index in [-0.39, 0.29) is 24.2 Å². The van der Waals surface area contributed by atoms with Crippen molar-refractivity contribution in [2.45, 2.75) is 12.8 Å². The highest BCUT2D eigenvalue weighted by atomic mass is 32.1. The Morgan fingerprint density at radius 2 is 2.19 bits per heavy atom. The lowest BCUT2D eigenvalue weighted by Crippen LogP contribution is -2.34. The molecule has 3 aromatic rings. The van der Waals surface area contributed by atoms with Crippen molar-refractivity contribution in [3.05, 3.63) is 35.3 Å². The Hall–Kier alpha value is -2.52. The minimum atomic E-state index is -0.352. The second-order valence-corrected chi connectivity index (χ2v) is 7.99. The number of fused-ring (bicyclic) bond motifs is 1. The molecule has 1 saturated heterocycles. The molecule has 0 bridgehead atoms. The molecule has 1 fully saturated rings. The van der Waals surface area contributed by atoms with Crippen LogP contribution in [0.1, 0.15) is 12.1 Å². The van der Waals surface area contributed by atoms with Crippen molar-refractivity contribution in [2.75, 3.05) is 23.7 Å². The van der Waals surface area contributed by atoms with E-state index in [2.05, 4.69) is 15.3 Å². The zero-order chi connectivity index (χ0) is 18.1. The first kappa shape index (κ1) is 16.9. The lowest BCUT2D eigenvalue weighted by Gasteiger charge is -2.13. The predicted octanol–water partition coefficient (Wildman–Crippen LogP) is 2.05. The van der Waals surface area contributed by atoms with Crippen LogP contribution in [-0.2, 0) is 16.0 Å². The smallest absolute Gasteiger partial charge is 0.229 e. The number of para-hydroxylation sites is 1. The molecule has 1 aromatic carbocycles. The summed E-state index contributed by atoms with van der Waals surface area (Å²) in [4.78, 5) is 35.0. The molecule has 1 aliphatic rings. The van der Waals surface area contributed by atoms with Crippen LogP contribution >= 0.6 is 22.7 Å². The van der Waals surface area contributed by atoms with Gasteiger partial charge in [-0.1, -0.05) is 23.5 Å². The van der Waals surface area contributed by atoms with E-state index in [9.17, 15) is 9.59 Å². The van der Waals surface area contributed by atoms with Gasteiger partial charge in [-0.3, -0.25) is 14.5 Å². The van der Waals surface area contributed by atoms with Gasteiger partial charge in [0, 0.05) is 31.3 Å². The Balaban J connectivity index is 1.36. The largest absolute Gasteiger partial charge is 0.375 e. The minimum absolute atomic E-state index is 0.0588. The van der Waals surface area contributed by atoms with Crippen LogP contribution < -0.4 is 16.0 Å². The number of hydrogen-bond donors (Lipinski definition) is 2. The zero-order valence-corrected chi connectivity index (χ0v) is 15.5. The third-order valence-corrected chi connectivity index (χ3v) is 6.04. The number of thiazole rings is 2. The van der Waals surface area contributed by atoms with Crippen LogP contribution in [-0.4, -0.2) is 34.9 Å². The molecule has 134 valence electrons. The number of nitrogens with zero attached hydrogens (tertiary/aromatic N) is 3. The zero-order valence-electron chi connectivity index (χ0n) is 13.8. The van der Waals surface area contributed by atoms with Gasteiger partial charge in [-0.2, -0.15) is 0 Å². The summed E-state index contributed by atoms with van der Waals surface area (Å²) in [6, 6.07) is 7.77. The fraction of sp³-hybridized carbons (Fsp3) is 0.294. The van der Waals surface area contributed by atoms with Gasteiger partial charge in [-0.25, -0.2) is 9.97 Å². The molecule has 26 heavy (non-hydrogen) atoms. The Morgan fingerprint density at radius 3 is 2.96 bits per heavy atom. The fourth-order valence-electron chi connectivity index (χ4n) is 2.94. The Morgan fingerprint density at radius 1 is 1.35 bits per heavy atom. The van der Waals surface area contributed by atoms with Gasteiger partial charge in [-0.15, -0.1) is 11.3 Å². The molecule has 3 heterocycles. The Bertz CT molecular complexity index is 934. The van der Waals surface area contributed by atoms with Gasteiger partial charge in [0.2, 0.25) is 11.8 Å². The van der Waals surface area contributed by atoms with E-state index in [0.717, 1.165) is 15.9 Å². The summed E-state index contributed by atoms with van der Waals surface area (Å²) in [6.07, 6.45) is 0.840. The lowest BCUT2D eigenvalue weighted by molar-refractivity contribution is -0.126. The monoisotopic (exact) mass is 387 g/mol. The molecular weight excluding hydrogens is 370 g/mol. The van der Waals surface area contributed by atoms with Crippen LogP contribution in [0, 0.1) is 5.92 Å². The quantitative estimate of drug-likeness (QED) is 0.698. The van der Waals surface area contributed by atoms with Gasteiger partial charge in [0.15, 0.2) is 10.3 Å². The summed E-state index contributed by atoms with van der Waals surface area (Å²) >= 11 is 2.86. The summed E-state index contributed by atoms with van der Waals surface area (Å²) in [5.74, 6) is -0.517. The van der Waals surface area contributed by atoms with E-state index in [1.807, 2.05) is 29.6 Å². The van der Waals surface area contributed by atoms with Crippen LogP contribution in [0.3, 0.4) is 0 Å². The lowest BCUT2D eigenvalue weighted by atomic mass is 10.1. The molecule has 1 aliphatic heterocycles. The van der Waals surface area contributed by atoms with Crippen molar-refractivity contribution in [3.8, 4) is 0 Å². The maximum absolute atomic E-state index is 12.4. The number of carbonyl (C=O) groups is 2. The minimum Gasteiger partial charge on any atom is -0.375 e. The van der Waals surface area contributed by atoms with Gasteiger partial charge >= 0.3 is 0 Å². The number of hydrogen-bond acceptors (Lipinski definition) is 7. The number of amides is 2. The number of benzene rings is 1. The highest BCUT2D eigenvalue weighted by Crippen LogP contribution is 2.32. The number of rotatable bonds is 5. The van der Waals surface area contributed by atoms with Crippen LogP contribution in [0.4, 0.5) is 10.3 Å². The van der Waals surface area contributed by atoms with E-state index in [1.165, 1.54) is 22.7 Å². The maximum Gasteiger partial charge on any atom is 0.229 e. The third-order valence-electron chi connectivity index (χ3n) is 4.26. The van der Waals surface area contributed by atoms with Crippen molar-refractivity contribution in [2.24, 2.45) is 5.92 Å². The van der Waals surface area contributed by atoms with Gasteiger partial charge in [0.25, 0.3) is 0 Å². The number of nitrogen functional groups attached to an aromatic ring is 1. The van der Waals surface area contributed by atoms with Crippen molar-refractivity contribution >= 4 is 55.0 Å². The molecule has 1 atom stereocenters. The first-order chi connectivity index (χ1) is 12.6. The van der Waals surface area contributed by atoms with E-state index in [0.29, 0.717) is 29.8 Å². The summed E-state index contributed by atoms with van der Waals surface area (Å²) in [7, 11) is 0. The Kier molecular flexibility index (Phi) is 4.56. The molecule has 0 spiro atoms. The molecule has 2 aromatic heterocycles. The molecule has 0 saturated carbocycles. The van der Waals surface area contributed by atoms with Crippen LogP contribution in [0.15, 0.2) is 29.6 Å². The molecule has 3 N–H and O–H groups in total. The van der Waals surface area contributed by atoms with Gasteiger partial charge < -0.3 is 11.1 Å². The van der Waals surface area contributed by atoms with E-state index in [1.54, 1.807) is 4.90 Å². The first-order valence-corrected chi connectivity index (χ1v) is 9.93. The second kappa shape index (κ2) is 7.00. The average molecular weight is 387 g/mol. The second-order valence-electron chi connectivity index (χ2n) is 6.09. The van der Waals surface area contributed by atoms with Crippen LogP contribution in [0.2, 0.25) is 0 Å². The molecule has 2 amide bonds. The molecule has 4 rings (SSSR count). The van der Waals surface area contributed by atoms with Crippen LogP contribution in [0.5, 0.6) is 0 Å². The van der Waals surface area contributed by atoms with Gasteiger partial charge in [-0.05, 0) is 12.1 Å². The number of nitrogens with one attached hydrogen (secondary N) is 1. The number of anilines is 2. The number of aromatic nitrogens is 2. The fourth-order valence-corrected chi connectivity index (χ4v) is 4.53. The summed E-state index contributed by atoms with van der Waals surface area (Å²) < 4.78 is 1.03. The van der Waals surface area contributed by atoms with Crippen molar-refractivity contribution in [1.29, 1.82) is 0 Å². The predicted molar refractivity (Wildman–Crippen MR) is 103 cm³/mol. The number of carbonyl (C=O) groups excluding carboxylic acids is 2. The standard InChI is InChI=1S/C17H17N5O2S2/c18-16-20-11(9-25-16)5-6-19-15(24)10-7-14(23)22(8-10)17-21-12-3-1-2-4-13(12)26-17/h1-4,9-10H,5-8H2,(H2,18,20)(H,19,24). The molecule has 9 heteroatoms. The van der Waals surface area contributed by atoms with Gasteiger partial charge in [0.1, 0.15) is 0 Å².